The molecule has 0 radical (unpaired) electrons. The van der Waals surface area contributed by atoms with E-state index < -0.39 is 0 Å². The van der Waals surface area contributed by atoms with Gasteiger partial charge in [-0.3, -0.25) is 0 Å². The summed E-state index contributed by atoms with van der Waals surface area (Å²) in [6.07, 6.45) is 5.26. The second-order valence-electron chi connectivity index (χ2n) is 4.17. The minimum Gasteiger partial charge on any atom is -0.494 e. The van der Waals surface area contributed by atoms with E-state index in [1.807, 2.05) is 12.1 Å². The van der Waals surface area contributed by atoms with E-state index in [1.54, 1.807) is 0 Å². The van der Waals surface area contributed by atoms with Crippen LogP contribution in [0.3, 0.4) is 0 Å². The van der Waals surface area contributed by atoms with E-state index in [1.165, 1.54) is 18.4 Å². The van der Waals surface area contributed by atoms with E-state index in [2.05, 4.69) is 19.1 Å². The van der Waals surface area contributed by atoms with Gasteiger partial charge in [-0.25, -0.2) is 0 Å². The van der Waals surface area contributed by atoms with E-state index in [0.717, 1.165) is 25.0 Å². The predicted molar refractivity (Wildman–Crippen MR) is 76.6 cm³/mol. The Kier molecular flexibility index (Phi) is 6.63. The van der Waals surface area contributed by atoms with Gasteiger partial charge in [-0.1, -0.05) is 37.7 Å². The van der Waals surface area contributed by atoms with Crippen LogP contribution < -0.4 is 10.5 Å². The summed E-state index contributed by atoms with van der Waals surface area (Å²) in [7, 11) is 0. The second-order valence-corrected chi connectivity index (χ2v) is 4.69. The zero-order chi connectivity index (χ0) is 12.5. The number of nitrogens with two attached hydrogens (primary N) is 1. The van der Waals surface area contributed by atoms with Gasteiger partial charge in [0.15, 0.2) is 0 Å². The molecular weight excluding hydrogens is 230 g/mol. The van der Waals surface area contributed by atoms with E-state index >= 15 is 0 Å². The smallest absolute Gasteiger partial charge is 0.119 e. The molecule has 0 saturated carbocycles. The van der Waals surface area contributed by atoms with Crippen molar-refractivity contribution in [3.8, 4) is 5.75 Å². The van der Waals surface area contributed by atoms with Gasteiger partial charge in [0, 0.05) is 6.42 Å². The number of hydrogen-bond donors (Lipinski definition) is 1. The van der Waals surface area contributed by atoms with Gasteiger partial charge in [-0.15, -0.1) is 0 Å². The van der Waals surface area contributed by atoms with Crippen molar-refractivity contribution in [3.63, 3.8) is 0 Å². The third kappa shape index (κ3) is 6.27. The minimum absolute atomic E-state index is 0.559. The molecule has 94 valence electrons. The molecule has 1 aromatic rings. The van der Waals surface area contributed by atoms with E-state index in [-0.39, 0.29) is 0 Å². The van der Waals surface area contributed by atoms with Gasteiger partial charge in [0.1, 0.15) is 5.75 Å². The molecule has 3 heteroatoms. The van der Waals surface area contributed by atoms with Crippen molar-refractivity contribution < 1.29 is 4.74 Å². The molecule has 0 aliphatic carbocycles. The Hall–Kier alpha value is -1.09. The lowest BCUT2D eigenvalue weighted by molar-refractivity contribution is 0.313. The Labute approximate surface area is 109 Å². The van der Waals surface area contributed by atoms with Crippen LogP contribution in [-0.4, -0.2) is 11.6 Å². The normalized spacial score (nSPS) is 10.2. The van der Waals surface area contributed by atoms with Crippen LogP contribution in [0.4, 0.5) is 0 Å². The average molecular weight is 251 g/mol. The van der Waals surface area contributed by atoms with Crippen molar-refractivity contribution in [3.05, 3.63) is 29.8 Å². The molecule has 0 unspecified atom stereocenters. The SMILES string of the molecule is CCCCc1ccc(OCCCC(N)=S)cc1. The maximum Gasteiger partial charge on any atom is 0.119 e. The fraction of sp³-hybridized carbons (Fsp3) is 0.500. The van der Waals surface area contributed by atoms with Crippen molar-refractivity contribution in [2.75, 3.05) is 6.61 Å². The lowest BCUT2D eigenvalue weighted by Gasteiger charge is -2.06. The summed E-state index contributed by atoms with van der Waals surface area (Å²) in [5, 5.41) is 0. The van der Waals surface area contributed by atoms with Crippen LogP contribution in [0.1, 0.15) is 38.2 Å². The van der Waals surface area contributed by atoms with Gasteiger partial charge >= 0.3 is 0 Å². The number of thiocarbonyl (C=S) groups is 1. The van der Waals surface area contributed by atoms with Gasteiger partial charge in [0.2, 0.25) is 0 Å². The fourth-order valence-corrected chi connectivity index (χ4v) is 1.71. The monoisotopic (exact) mass is 251 g/mol. The first kappa shape index (κ1) is 14.0. The molecule has 2 N–H and O–H groups in total. The van der Waals surface area contributed by atoms with Gasteiger partial charge in [0.25, 0.3) is 0 Å². The largest absolute Gasteiger partial charge is 0.494 e. The summed E-state index contributed by atoms with van der Waals surface area (Å²) in [5.41, 5.74) is 6.79. The highest BCUT2D eigenvalue weighted by Crippen LogP contribution is 2.14. The number of rotatable bonds is 8. The zero-order valence-corrected chi connectivity index (χ0v) is 11.3. The van der Waals surface area contributed by atoms with Gasteiger partial charge in [-0.05, 0) is 37.0 Å². The lowest BCUT2D eigenvalue weighted by atomic mass is 10.1. The van der Waals surface area contributed by atoms with Crippen LogP contribution in [0.5, 0.6) is 5.75 Å². The molecule has 0 atom stereocenters. The summed E-state index contributed by atoms with van der Waals surface area (Å²) < 4.78 is 5.60. The molecule has 1 rings (SSSR count). The quantitative estimate of drug-likeness (QED) is 0.567. The third-order valence-corrected chi connectivity index (χ3v) is 2.78. The Morgan fingerprint density at radius 2 is 1.94 bits per heavy atom. The summed E-state index contributed by atoms with van der Waals surface area (Å²) in [6, 6.07) is 8.34. The van der Waals surface area contributed by atoms with E-state index in [9.17, 15) is 0 Å². The first-order valence-corrected chi connectivity index (χ1v) is 6.63. The molecule has 0 aliphatic heterocycles. The molecule has 1 aromatic carbocycles. The summed E-state index contributed by atoms with van der Waals surface area (Å²) in [6.45, 7) is 2.88. The standard InChI is InChI=1S/C14H21NOS/c1-2-3-5-12-7-9-13(10-8-12)16-11-4-6-14(15)17/h7-10H,2-6,11H2,1H3,(H2,15,17). The third-order valence-electron chi connectivity index (χ3n) is 2.58. The predicted octanol–water partition coefficient (Wildman–Crippen LogP) is 3.47. The molecular formula is C14H21NOS. The highest BCUT2D eigenvalue weighted by Gasteiger charge is 1.96. The molecule has 0 heterocycles. The Balaban J connectivity index is 2.27. The van der Waals surface area contributed by atoms with Crippen molar-refractivity contribution in [1.82, 2.24) is 0 Å². The minimum atomic E-state index is 0.559. The number of ether oxygens (including phenoxy) is 1. The molecule has 2 nitrogen and oxygen atoms in total. The summed E-state index contributed by atoms with van der Waals surface area (Å²) in [5.74, 6) is 0.924. The molecule has 0 amide bonds. The van der Waals surface area contributed by atoms with Crippen LogP contribution in [0.15, 0.2) is 24.3 Å². The first-order valence-electron chi connectivity index (χ1n) is 6.22. The zero-order valence-electron chi connectivity index (χ0n) is 10.4. The molecule has 0 spiro atoms. The van der Waals surface area contributed by atoms with Crippen molar-refractivity contribution in [2.24, 2.45) is 5.73 Å². The van der Waals surface area contributed by atoms with Crippen LogP contribution in [0, 0.1) is 0 Å². The summed E-state index contributed by atoms with van der Waals surface area (Å²) >= 11 is 4.81. The highest BCUT2D eigenvalue weighted by atomic mass is 32.1. The van der Waals surface area contributed by atoms with Crippen LogP contribution in [0.2, 0.25) is 0 Å². The first-order chi connectivity index (χ1) is 8.22. The van der Waals surface area contributed by atoms with E-state index in [4.69, 9.17) is 22.7 Å². The topological polar surface area (TPSA) is 35.2 Å². The maximum atomic E-state index is 5.60. The van der Waals surface area contributed by atoms with E-state index in [0.29, 0.717) is 11.6 Å². The molecule has 0 bridgehead atoms. The number of aryl methyl sites for hydroxylation is 1. The Bertz CT molecular complexity index is 335. The van der Waals surface area contributed by atoms with Crippen molar-refractivity contribution in [1.29, 1.82) is 0 Å². The number of unbranched alkanes of at least 4 members (excludes halogenated alkanes) is 1. The maximum absolute atomic E-state index is 5.60. The lowest BCUT2D eigenvalue weighted by Crippen LogP contribution is -2.09. The van der Waals surface area contributed by atoms with Gasteiger partial charge in [0.05, 0.1) is 11.6 Å². The molecule has 0 saturated heterocycles. The second kappa shape index (κ2) is 8.07. The fourth-order valence-electron chi connectivity index (χ4n) is 1.57. The Morgan fingerprint density at radius 3 is 2.53 bits per heavy atom. The molecule has 0 aliphatic rings. The van der Waals surface area contributed by atoms with Gasteiger partial charge in [-0.2, -0.15) is 0 Å². The van der Waals surface area contributed by atoms with Crippen LogP contribution in [-0.2, 0) is 6.42 Å². The number of benzene rings is 1. The summed E-state index contributed by atoms with van der Waals surface area (Å²) in [4.78, 5) is 0.559. The molecule has 0 fully saturated rings. The Morgan fingerprint density at radius 1 is 1.24 bits per heavy atom. The number of hydrogen-bond acceptors (Lipinski definition) is 2. The highest BCUT2D eigenvalue weighted by molar-refractivity contribution is 7.80. The van der Waals surface area contributed by atoms with Crippen LogP contribution in [0.25, 0.3) is 0 Å². The average Bonchev–Trinajstić information content (AvgIpc) is 2.33. The van der Waals surface area contributed by atoms with Crippen molar-refractivity contribution in [2.45, 2.75) is 39.0 Å². The molecule has 17 heavy (non-hydrogen) atoms. The van der Waals surface area contributed by atoms with Crippen molar-refractivity contribution >= 4 is 17.2 Å². The van der Waals surface area contributed by atoms with Gasteiger partial charge < -0.3 is 10.5 Å². The van der Waals surface area contributed by atoms with Crippen LogP contribution >= 0.6 is 12.2 Å². The molecule has 0 aromatic heterocycles.